The Morgan fingerprint density at radius 3 is 3.22 bits per heavy atom. The fraction of sp³-hybridized carbons (Fsp3) is 0.750. The smallest absolute Gasteiger partial charge is 0.0754 e. The summed E-state index contributed by atoms with van der Waals surface area (Å²) in [5.74, 6) is 0. The number of hydrogen-bond donors (Lipinski definition) is 0. The largest absolute Gasteiger partial charge is 0.377 e. The molecule has 1 nitrogen and oxygen atoms in total. The van der Waals surface area contributed by atoms with Crippen molar-refractivity contribution in [2.24, 2.45) is 0 Å². The van der Waals surface area contributed by atoms with Gasteiger partial charge in [0.05, 0.1) is 7.47 Å². The molecule has 0 spiro atoms. The molecule has 0 fully saturated rings. The molecule has 0 saturated heterocycles. The zero-order valence-corrected chi connectivity index (χ0v) is 6.11. The molecule has 0 aromatic heterocycles. The molecule has 1 atom stereocenters. The van der Waals surface area contributed by atoms with E-state index in [0.717, 1.165) is 12.8 Å². The SMILES string of the molecule is [2H]C1=C(C)CCCC1OC. The highest BCUT2D eigenvalue weighted by molar-refractivity contribution is 5.05. The summed E-state index contributed by atoms with van der Waals surface area (Å²) >= 11 is 0. The van der Waals surface area contributed by atoms with E-state index in [1.54, 1.807) is 7.11 Å². The van der Waals surface area contributed by atoms with Crippen LogP contribution in [-0.4, -0.2) is 13.2 Å². The zero-order valence-electron chi connectivity index (χ0n) is 7.11. The van der Waals surface area contributed by atoms with Gasteiger partial charge in [-0.05, 0) is 26.2 Å². The monoisotopic (exact) mass is 127 g/mol. The van der Waals surface area contributed by atoms with Crippen molar-refractivity contribution in [3.05, 3.63) is 11.6 Å². The minimum atomic E-state index is 0.0775. The lowest BCUT2D eigenvalue weighted by molar-refractivity contribution is 0.126. The van der Waals surface area contributed by atoms with E-state index < -0.39 is 0 Å². The van der Waals surface area contributed by atoms with Gasteiger partial charge in [0.1, 0.15) is 0 Å². The zero-order chi connectivity index (χ0) is 7.56. The molecule has 52 valence electrons. The lowest BCUT2D eigenvalue weighted by Gasteiger charge is -2.17. The van der Waals surface area contributed by atoms with Gasteiger partial charge in [0.25, 0.3) is 0 Å². The first-order chi connectivity index (χ1) is 4.75. The van der Waals surface area contributed by atoms with E-state index in [9.17, 15) is 0 Å². The lowest BCUT2D eigenvalue weighted by Crippen LogP contribution is -2.11. The topological polar surface area (TPSA) is 9.23 Å². The first-order valence-electron chi connectivity index (χ1n) is 3.94. The Kier molecular flexibility index (Phi) is 1.84. The highest BCUT2D eigenvalue weighted by Gasteiger charge is 2.08. The van der Waals surface area contributed by atoms with Crippen molar-refractivity contribution < 1.29 is 6.11 Å². The molecule has 1 heteroatoms. The van der Waals surface area contributed by atoms with Gasteiger partial charge in [-0.15, -0.1) is 0 Å². The molecule has 0 amide bonds. The molecule has 1 aliphatic rings. The number of hydrogen-bond acceptors (Lipinski definition) is 1. The number of methoxy groups -OCH3 is 1. The van der Waals surface area contributed by atoms with E-state index in [0.29, 0.717) is 6.05 Å². The minimum absolute atomic E-state index is 0.0775. The second kappa shape index (κ2) is 3.02. The molecular weight excluding hydrogens is 112 g/mol. The van der Waals surface area contributed by atoms with E-state index in [-0.39, 0.29) is 6.10 Å². The molecule has 0 aromatic rings. The molecule has 0 bridgehead atoms. The molecule has 0 saturated carbocycles. The van der Waals surface area contributed by atoms with Crippen LogP contribution < -0.4 is 0 Å². The van der Waals surface area contributed by atoms with Gasteiger partial charge in [0.2, 0.25) is 0 Å². The lowest BCUT2D eigenvalue weighted by atomic mass is 9.99. The molecule has 1 rings (SSSR count). The predicted octanol–water partition coefficient (Wildman–Crippen LogP) is 2.13. The number of ether oxygens (including phenoxy) is 1. The summed E-state index contributed by atoms with van der Waals surface area (Å²) in [5.41, 5.74) is 1.19. The summed E-state index contributed by atoms with van der Waals surface area (Å²) in [6.07, 6.45) is 3.35. The standard InChI is InChI=1S/C8H14O/c1-7-4-3-5-8(6-7)9-2/h6,8H,3-5H2,1-2H3/i6D. The van der Waals surface area contributed by atoms with Gasteiger partial charge in [-0.1, -0.05) is 11.6 Å². The third kappa shape index (κ3) is 1.83. The molecule has 0 aliphatic heterocycles. The Labute approximate surface area is 58.1 Å². The van der Waals surface area contributed by atoms with Crippen molar-refractivity contribution >= 4 is 0 Å². The van der Waals surface area contributed by atoms with Crippen LogP contribution in [0.1, 0.15) is 27.6 Å². The molecule has 1 unspecified atom stereocenters. The maximum atomic E-state index is 7.59. The second-order valence-corrected chi connectivity index (χ2v) is 2.54. The van der Waals surface area contributed by atoms with Gasteiger partial charge in [-0.3, -0.25) is 0 Å². The number of rotatable bonds is 1. The quantitative estimate of drug-likeness (QED) is 0.490. The second-order valence-electron chi connectivity index (χ2n) is 2.54. The van der Waals surface area contributed by atoms with Gasteiger partial charge in [0.15, 0.2) is 0 Å². The fourth-order valence-electron chi connectivity index (χ4n) is 1.15. The van der Waals surface area contributed by atoms with Gasteiger partial charge in [0, 0.05) is 7.11 Å². The van der Waals surface area contributed by atoms with Crippen molar-refractivity contribution in [1.29, 1.82) is 0 Å². The molecule has 1 aliphatic carbocycles. The molecule has 0 radical (unpaired) electrons. The van der Waals surface area contributed by atoms with E-state index in [2.05, 4.69) is 0 Å². The van der Waals surface area contributed by atoms with E-state index >= 15 is 0 Å². The van der Waals surface area contributed by atoms with Crippen LogP contribution in [0.5, 0.6) is 0 Å². The third-order valence-corrected chi connectivity index (χ3v) is 1.71. The Morgan fingerprint density at radius 2 is 2.67 bits per heavy atom. The normalized spacial score (nSPS) is 30.4. The van der Waals surface area contributed by atoms with Gasteiger partial charge >= 0.3 is 0 Å². The summed E-state index contributed by atoms with van der Waals surface area (Å²) in [5, 5.41) is 0. The summed E-state index contributed by atoms with van der Waals surface area (Å²) in [7, 11) is 1.68. The summed E-state index contributed by atoms with van der Waals surface area (Å²) in [4.78, 5) is 0. The predicted molar refractivity (Wildman–Crippen MR) is 38.4 cm³/mol. The van der Waals surface area contributed by atoms with Crippen LogP contribution in [0, 0.1) is 0 Å². The van der Waals surface area contributed by atoms with Crippen molar-refractivity contribution in [3.8, 4) is 0 Å². The first kappa shape index (κ1) is 5.48. The van der Waals surface area contributed by atoms with E-state index in [1.165, 1.54) is 12.0 Å². The van der Waals surface area contributed by atoms with Crippen LogP contribution in [-0.2, 0) is 4.74 Å². The van der Waals surface area contributed by atoms with Crippen LogP contribution in [0.3, 0.4) is 0 Å². The Morgan fingerprint density at radius 1 is 1.89 bits per heavy atom. The summed E-state index contributed by atoms with van der Waals surface area (Å²) in [6.45, 7) is 2.02. The van der Waals surface area contributed by atoms with Gasteiger partial charge < -0.3 is 4.74 Å². The fourth-order valence-corrected chi connectivity index (χ4v) is 1.15. The van der Waals surface area contributed by atoms with Crippen molar-refractivity contribution in [1.82, 2.24) is 0 Å². The number of allylic oxidation sites excluding steroid dienone is 1. The molecule has 0 aromatic carbocycles. The van der Waals surface area contributed by atoms with Crippen molar-refractivity contribution in [2.75, 3.05) is 7.11 Å². The van der Waals surface area contributed by atoms with Crippen molar-refractivity contribution in [2.45, 2.75) is 32.3 Å². The highest BCUT2D eigenvalue weighted by Crippen LogP contribution is 2.18. The van der Waals surface area contributed by atoms with Gasteiger partial charge in [-0.25, -0.2) is 0 Å². The average molecular weight is 127 g/mol. The minimum Gasteiger partial charge on any atom is -0.377 e. The molecule has 0 heterocycles. The Bertz CT molecular complexity index is 151. The maximum Gasteiger partial charge on any atom is 0.0754 e. The molecule has 9 heavy (non-hydrogen) atoms. The Hall–Kier alpha value is -0.300. The van der Waals surface area contributed by atoms with Crippen LogP contribution >= 0.6 is 0 Å². The average Bonchev–Trinajstić information content (AvgIpc) is 1.95. The van der Waals surface area contributed by atoms with Crippen LogP contribution in [0.2, 0.25) is 0 Å². The van der Waals surface area contributed by atoms with E-state index in [1.807, 2.05) is 6.92 Å². The third-order valence-electron chi connectivity index (χ3n) is 1.71. The van der Waals surface area contributed by atoms with Crippen LogP contribution in [0.4, 0.5) is 0 Å². The van der Waals surface area contributed by atoms with Crippen molar-refractivity contribution in [3.63, 3.8) is 0 Å². The van der Waals surface area contributed by atoms with Crippen LogP contribution in [0.25, 0.3) is 0 Å². The Balaban J connectivity index is 2.68. The highest BCUT2D eigenvalue weighted by atomic mass is 16.5. The molecular formula is C8H14O. The maximum absolute atomic E-state index is 7.59. The van der Waals surface area contributed by atoms with Crippen LogP contribution in [0.15, 0.2) is 11.6 Å². The van der Waals surface area contributed by atoms with Gasteiger partial charge in [-0.2, -0.15) is 0 Å². The molecule has 0 N–H and O–H groups in total. The summed E-state index contributed by atoms with van der Waals surface area (Å²) in [6, 6.07) is 0.703. The first-order valence-corrected chi connectivity index (χ1v) is 3.44. The van der Waals surface area contributed by atoms with E-state index in [4.69, 9.17) is 6.11 Å². The summed E-state index contributed by atoms with van der Waals surface area (Å²) < 4.78 is 12.7.